The van der Waals surface area contributed by atoms with Gasteiger partial charge in [0.25, 0.3) is 5.91 Å². The Morgan fingerprint density at radius 2 is 2.06 bits per heavy atom. The largest absolute Gasteiger partial charge is 0.436 e. The number of halogens is 2. The lowest BCUT2D eigenvalue weighted by molar-refractivity contribution is -0.0418. The number of rotatable bonds is 2. The third kappa shape index (κ3) is 3.39. The Labute approximate surface area is 189 Å². The maximum Gasteiger partial charge on any atom is 0.412 e. The predicted octanol–water partition coefficient (Wildman–Crippen LogP) is 4.46. The van der Waals surface area contributed by atoms with E-state index in [9.17, 15) is 9.59 Å². The van der Waals surface area contributed by atoms with Gasteiger partial charge in [-0.25, -0.2) is 13.9 Å². The number of anilines is 2. The molecule has 1 saturated heterocycles. The molecule has 1 atom stereocenters. The van der Waals surface area contributed by atoms with Gasteiger partial charge in [-0.1, -0.05) is 30.9 Å². The number of hydrogen-bond acceptors (Lipinski definition) is 5. The van der Waals surface area contributed by atoms with Gasteiger partial charge in [-0.05, 0) is 37.8 Å². The number of likely N-dealkylation sites (tertiary alicyclic amines) is 1. The molecule has 3 heterocycles. The molecule has 2 aliphatic heterocycles. The third-order valence-corrected chi connectivity index (χ3v) is 7.09. The zero-order chi connectivity index (χ0) is 22.5. The van der Waals surface area contributed by atoms with Crippen LogP contribution in [0.3, 0.4) is 0 Å². The van der Waals surface area contributed by atoms with E-state index < -0.39 is 17.5 Å². The molecule has 0 unspecified atom stereocenters. The van der Waals surface area contributed by atoms with Crippen LogP contribution in [0.1, 0.15) is 66.9 Å². The van der Waals surface area contributed by atoms with Crippen molar-refractivity contribution in [3.05, 3.63) is 40.3 Å². The normalized spacial score (nSPS) is 23.6. The molecule has 1 aromatic carbocycles. The second kappa shape index (κ2) is 7.95. The highest BCUT2D eigenvalue weighted by molar-refractivity contribution is 6.31. The fourth-order valence-electron chi connectivity index (χ4n) is 5.27. The number of nitrogens with two attached hydrogens (primary N) is 1. The first kappa shape index (κ1) is 21.1. The van der Waals surface area contributed by atoms with Crippen molar-refractivity contribution in [2.75, 3.05) is 24.1 Å². The molecule has 1 aromatic heterocycles. The van der Waals surface area contributed by atoms with Crippen LogP contribution in [0.5, 0.6) is 0 Å². The van der Waals surface area contributed by atoms with Gasteiger partial charge in [0.15, 0.2) is 11.4 Å². The van der Waals surface area contributed by atoms with E-state index in [0.717, 1.165) is 25.7 Å². The molecule has 170 valence electrons. The molecule has 32 heavy (non-hydrogen) atoms. The monoisotopic (exact) mass is 461 g/mol. The maximum absolute atomic E-state index is 15.1. The lowest BCUT2D eigenvalue weighted by atomic mass is 9.83. The Kier molecular flexibility index (Phi) is 5.23. The van der Waals surface area contributed by atoms with E-state index in [2.05, 4.69) is 10.4 Å². The average Bonchev–Trinajstić information content (AvgIpc) is 3.17. The van der Waals surface area contributed by atoms with Crippen molar-refractivity contribution >= 4 is 35.1 Å². The maximum atomic E-state index is 15.1. The van der Waals surface area contributed by atoms with E-state index in [1.165, 1.54) is 18.7 Å². The Bertz CT molecular complexity index is 1080. The average molecular weight is 462 g/mol. The van der Waals surface area contributed by atoms with E-state index in [-0.39, 0.29) is 29.1 Å². The lowest BCUT2D eigenvalue weighted by Gasteiger charge is -2.45. The SMILES string of the molecule is Nc1c(C(=O)N2CCC[C@@]3(C2)OC(=O)Nc2ccc(Cl)c(F)c23)cnn1C1CCCCC1. The highest BCUT2D eigenvalue weighted by atomic mass is 35.5. The number of aromatic nitrogens is 2. The number of benzene rings is 1. The minimum atomic E-state index is -1.31. The summed E-state index contributed by atoms with van der Waals surface area (Å²) in [6, 6.07) is 3.14. The first-order valence-electron chi connectivity index (χ1n) is 11.0. The van der Waals surface area contributed by atoms with Crippen LogP contribution in [-0.2, 0) is 10.3 Å². The van der Waals surface area contributed by atoms with Gasteiger partial charge in [0.2, 0.25) is 0 Å². The van der Waals surface area contributed by atoms with Crippen molar-refractivity contribution in [1.82, 2.24) is 14.7 Å². The van der Waals surface area contributed by atoms with Crippen LogP contribution in [0, 0.1) is 5.82 Å². The zero-order valence-electron chi connectivity index (χ0n) is 17.6. The van der Waals surface area contributed by atoms with Gasteiger partial charge < -0.3 is 15.4 Å². The summed E-state index contributed by atoms with van der Waals surface area (Å²) < 4.78 is 22.4. The van der Waals surface area contributed by atoms with E-state index in [1.54, 1.807) is 15.6 Å². The summed E-state index contributed by atoms with van der Waals surface area (Å²) in [6.45, 7) is 0.453. The fourth-order valence-corrected chi connectivity index (χ4v) is 5.43. The first-order valence-corrected chi connectivity index (χ1v) is 11.4. The number of amides is 2. The molecule has 5 rings (SSSR count). The summed E-state index contributed by atoms with van der Waals surface area (Å²) >= 11 is 6.03. The van der Waals surface area contributed by atoms with Crippen LogP contribution in [-0.4, -0.2) is 39.8 Å². The number of nitrogens with zero attached hydrogens (tertiary/aromatic N) is 3. The van der Waals surface area contributed by atoms with Crippen LogP contribution in [0.2, 0.25) is 5.02 Å². The molecule has 0 bridgehead atoms. The molecule has 0 radical (unpaired) electrons. The highest BCUT2D eigenvalue weighted by Gasteiger charge is 2.49. The Morgan fingerprint density at radius 3 is 2.84 bits per heavy atom. The fraction of sp³-hybridized carbons (Fsp3) is 0.500. The zero-order valence-corrected chi connectivity index (χ0v) is 18.3. The van der Waals surface area contributed by atoms with Crippen molar-refractivity contribution < 1.29 is 18.7 Å². The van der Waals surface area contributed by atoms with Gasteiger partial charge in [-0.15, -0.1) is 0 Å². The molecule has 3 N–H and O–H groups in total. The number of nitrogens with one attached hydrogen (secondary N) is 1. The summed E-state index contributed by atoms with van der Waals surface area (Å²) in [7, 11) is 0. The van der Waals surface area contributed by atoms with Gasteiger partial charge in [0.1, 0.15) is 11.4 Å². The van der Waals surface area contributed by atoms with E-state index >= 15 is 4.39 Å². The predicted molar refractivity (Wildman–Crippen MR) is 117 cm³/mol. The minimum Gasteiger partial charge on any atom is -0.436 e. The lowest BCUT2D eigenvalue weighted by Crippen LogP contribution is -2.53. The van der Waals surface area contributed by atoms with Crippen LogP contribution in [0.4, 0.5) is 20.7 Å². The topological polar surface area (TPSA) is 102 Å². The van der Waals surface area contributed by atoms with Gasteiger partial charge in [0, 0.05) is 6.54 Å². The van der Waals surface area contributed by atoms with Gasteiger partial charge in [-0.2, -0.15) is 5.10 Å². The third-order valence-electron chi connectivity index (χ3n) is 6.80. The Balaban J connectivity index is 1.45. The molecule has 8 nitrogen and oxygen atoms in total. The molecular weight excluding hydrogens is 437 g/mol. The summed E-state index contributed by atoms with van der Waals surface area (Å²) in [5, 5.41) is 6.87. The van der Waals surface area contributed by atoms with Gasteiger partial charge in [-0.3, -0.25) is 10.1 Å². The van der Waals surface area contributed by atoms with Crippen molar-refractivity contribution in [2.45, 2.75) is 56.6 Å². The number of hydrogen-bond donors (Lipinski definition) is 2. The summed E-state index contributed by atoms with van der Waals surface area (Å²) in [6.07, 6.45) is 7.16. The second-order valence-electron chi connectivity index (χ2n) is 8.80. The number of piperidine rings is 1. The van der Waals surface area contributed by atoms with E-state index in [0.29, 0.717) is 36.5 Å². The number of carbonyl (C=O) groups excluding carboxylic acids is 2. The summed E-state index contributed by atoms with van der Waals surface area (Å²) in [5.74, 6) is -0.608. The Hall–Kier alpha value is -2.81. The van der Waals surface area contributed by atoms with Crippen LogP contribution in [0.15, 0.2) is 18.3 Å². The smallest absolute Gasteiger partial charge is 0.412 e. The number of ether oxygens (including phenoxy) is 1. The summed E-state index contributed by atoms with van der Waals surface area (Å²) in [4.78, 5) is 27.2. The molecule has 2 amide bonds. The van der Waals surface area contributed by atoms with E-state index in [1.807, 2.05) is 0 Å². The number of nitrogen functional groups attached to an aromatic ring is 1. The molecule has 1 saturated carbocycles. The highest BCUT2D eigenvalue weighted by Crippen LogP contribution is 2.45. The van der Waals surface area contributed by atoms with Crippen LogP contribution in [0.25, 0.3) is 0 Å². The van der Waals surface area contributed by atoms with Gasteiger partial charge in [0.05, 0.1) is 35.1 Å². The summed E-state index contributed by atoms with van der Waals surface area (Å²) in [5.41, 5.74) is 5.82. The first-order chi connectivity index (χ1) is 15.4. The molecule has 10 heteroatoms. The minimum absolute atomic E-state index is 0.0115. The van der Waals surface area contributed by atoms with E-state index in [4.69, 9.17) is 22.1 Å². The number of fused-ring (bicyclic) bond motifs is 2. The Morgan fingerprint density at radius 1 is 1.28 bits per heavy atom. The van der Waals surface area contributed by atoms with Crippen molar-refractivity contribution in [3.8, 4) is 0 Å². The van der Waals surface area contributed by atoms with Gasteiger partial charge >= 0.3 is 6.09 Å². The molecule has 3 aliphatic rings. The molecule has 2 fully saturated rings. The van der Waals surface area contributed by atoms with Crippen molar-refractivity contribution in [3.63, 3.8) is 0 Å². The second-order valence-corrected chi connectivity index (χ2v) is 9.21. The molecule has 1 aliphatic carbocycles. The quantitative estimate of drug-likeness (QED) is 0.687. The van der Waals surface area contributed by atoms with Crippen LogP contribution >= 0.6 is 11.6 Å². The molecule has 1 spiro atoms. The van der Waals surface area contributed by atoms with Crippen LogP contribution < -0.4 is 11.1 Å². The van der Waals surface area contributed by atoms with Crippen molar-refractivity contribution in [1.29, 1.82) is 0 Å². The van der Waals surface area contributed by atoms with Crippen molar-refractivity contribution in [2.24, 2.45) is 0 Å². The molecular formula is C22H25ClFN5O3. The number of carbonyl (C=O) groups is 2. The standard InChI is InChI=1S/C22H25ClFN5O3/c23-15-7-8-16-17(18(15)24)22(32-21(31)27-16)9-4-10-28(12-22)20(30)14-11-26-29(19(14)25)13-5-2-1-3-6-13/h7-8,11,13H,1-6,9-10,12,25H2,(H,27,31)/t22-/m0/s1. The molecule has 2 aromatic rings.